The summed E-state index contributed by atoms with van der Waals surface area (Å²) in [7, 11) is 0. The first-order valence-corrected chi connectivity index (χ1v) is 12.1. The lowest BCUT2D eigenvalue weighted by molar-refractivity contribution is -0.149. The van der Waals surface area contributed by atoms with Gasteiger partial charge in [-0.25, -0.2) is 4.79 Å². The third-order valence-corrected chi connectivity index (χ3v) is 5.81. The highest BCUT2D eigenvalue weighted by Crippen LogP contribution is 2.19. The molecule has 0 aromatic heterocycles. The Hall–Kier alpha value is -2.58. The number of hydrogen-bond acceptors (Lipinski definition) is 8. The van der Waals surface area contributed by atoms with Crippen LogP contribution in [0.15, 0.2) is 4.99 Å². The monoisotopic (exact) mass is 489 g/mol. The highest BCUT2D eigenvalue weighted by molar-refractivity contribution is 7.98. The minimum absolute atomic E-state index is 0.0702. The lowest BCUT2D eigenvalue weighted by Crippen LogP contribution is -2.58. The summed E-state index contributed by atoms with van der Waals surface area (Å²) < 4.78 is 0. The van der Waals surface area contributed by atoms with Crippen LogP contribution in [0.3, 0.4) is 0 Å². The number of amides is 3. The van der Waals surface area contributed by atoms with Gasteiger partial charge in [-0.2, -0.15) is 11.8 Å². The van der Waals surface area contributed by atoms with Gasteiger partial charge < -0.3 is 42.9 Å². The molecular formula is C19H35N7O6S. The molecule has 1 fully saturated rings. The summed E-state index contributed by atoms with van der Waals surface area (Å²) in [5, 5.41) is 23.9. The van der Waals surface area contributed by atoms with Crippen molar-refractivity contribution in [3.05, 3.63) is 0 Å². The molecule has 0 aromatic rings. The number of aliphatic carboxylic acids is 1. The first-order valence-electron chi connectivity index (χ1n) is 10.7. The van der Waals surface area contributed by atoms with E-state index in [1.54, 1.807) is 0 Å². The number of aliphatic hydroxyl groups is 1. The van der Waals surface area contributed by atoms with Crippen LogP contribution in [-0.2, 0) is 19.2 Å². The van der Waals surface area contributed by atoms with E-state index in [0.29, 0.717) is 31.6 Å². The molecule has 1 heterocycles. The first kappa shape index (κ1) is 28.5. The van der Waals surface area contributed by atoms with Crippen LogP contribution in [0.4, 0.5) is 0 Å². The number of carboxylic acids is 1. The zero-order chi connectivity index (χ0) is 25.0. The molecule has 13 nitrogen and oxygen atoms in total. The van der Waals surface area contributed by atoms with Crippen LogP contribution in [-0.4, -0.2) is 101 Å². The molecule has 14 heteroatoms. The van der Waals surface area contributed by atoms with Crippen LogP contribution < -0.4 is 27.8 Å². The third-order valence-electron chi connectivity index (χ3n) is 5.17. The molecular weight excluding hydrogens is 454 g/mol. The van der Waals surface area contributed by atoms with Gasteiger partial charge in [-0.05, 0) is 44.1 Å². The molecule has 4 unspecified atom stereocenters. The van der Waals surface area contributed by atoms with Crippen molar-refractivity contribution in [2.45, 2.75) is 56.3 Å². The van der Waals surface area contributed by atoms with Crippen molar-refractivity contribution in [1.82, 2.24) is 15.5 Å². The minimum atomic E-state index is -1.32. The Morgan fingerprint density at radius 3 is 2.39 bits per heavy atom. The number of carbonyl (C=O) groups excluding carboxylic acids is 3. The van der Waals surface area contributed by atoms with E-state index in [1.807, 2.05) is 6.26 Å². The Bertz CT molecular complexity index is 719. The number of nitrogens with two attached hydrogens (primary N) is 3. The highest BCUT2D eigenvalue weighted by atomic mass is 32.2. The standard InChI is InChI=1S/C19H35N7O6S/c1-33-9-6-12(17(30)26-8-3-5-14(26)18(31)32)24-16(29)13(10-27)25-15(28)11(20)4-2-7-23-19(21)22/h11-14,27H,2-10,20H2,1H3,(H,24,29)(H,25,28)(H,31,32)(H4,21,22,23). The van der Waals surface area contributed by atoms with E-state index in [2.05, 4.69) is 15.6 Å². The number of carboxylic acid groups (broad SMARTS) is 1. The molecule has 1 aliphatic heterocycles. The summed E-state index contributed by atoms with van der Waals surface area (Å²) in [6.07, 6.45) is 3.70. The number of nitrogens with zero attached hydrogens (tertiary/aromatic N) is 2. The number of nitrogens with one attached hydrogen (secondary N) is 2. The average molecular weight is 490 g/mol. The zero-order valence-electron chi connectivity index (χ0n) is 18.7. The number of thioether (sulfide) groups is 1. The van der Waals surface area contributed by atoms with E-state index in [4.69, 9.17) is 17.2 Å². The number of likely N-dealkylation sites (tertiary alicyclic amines) is 1. The molecule has 3 amide bonds. The molecule has 0 spiro atoms. The molecule has 0 saturated carbocycles. The lowest BCUT2D eigenvalue weighted by Gasteiger charge is -2.28. The minimum Gasteiger partial charge on any atom is -0.480 e. The van der Waals surface area contributed by atoms with Crippen molar-refractivity contribution in [1.29, 1.82) is 0 Å². The van der Waals surface area contributed by atoms with Gasteiger partial charge in [0.15, 0.2) is 5.96 Å². The summed E-state index contributed by atoms with van der Waals surface area (Å²) in [6, 6.07) is -4.18. The molecule has 0 radical (unpaired) electrons. The quantitative estimate of drug-likeness (QED) is 0.0750. The number of guanidine groups is 1. The van der Waals surface area contributed by atoms with Gasteiger partial charge in [0.1, 0.15) is 18.1 Å². The van der Waals surface area contributed by atoms with Crippen molar-refractivity contribution in [2.24, 2.45) is 22.2 Å². The van der Waals surface area contributed by atoms with Gasteiger partial charge in [0, 0.05) is 13.1 Å². The molecule has 33 heavy (non-hydrogen) atoms. The molecule has 4 atom stereocenters. The van der Waals surface area contributed by atoms with Gasteiger partial charge in [-0.3, -0.25) is 19.4 Å². The maximum atomic E-state index is 13.0. The van der Waals surface area contributed by atoms with E-state index in [9.17, 15) is 29.4 Å². The smallest absolute Gasteiger partial charge is 0.326 e. The molecule has 0 aliphatic carbocycles. The van der Waals surface area contributed by atoms with E-state index < -0.39 is 54.5 Å². The number of aliphatic hydroxyl groups excluding tert-OH is 1. The maximum Gasteiger partial charge on any atom is 0.326 e. The summed E-state index contributed by atoms with van der Waals surface area (Å²) in [5.74, 6) is -2.53. The van der Waals surface area contributed by atoms with E-state index in [1.165, 1.54) is 16.7 Å². The van der Waals surface area contributed by atoms with E-state index in [-0.39, 0.29) is 25.3 Å². The Balaban J connectivity index is 2.75. The Morgan fingerprint density at radius 1 is 1.15 bits per heavy atom. The predicted octanol–water partition coefficient (Wildman–Crippen LogP) is -2.84. The Morgan fingerprint density at radius 2 is 1.82 bits per heavy atom. The van der Waals surface area contributed by atoms with Gasteiger partial charge in [0.25, 0.3) is 0 Å². The topological polar surface area (TPSA) is 226 Å². The van der Waals surface area contributed by atoms with Gasteiger partial charge in [-0.1, -0.05) is 0 Å². The van der Waals surface area contributed by atoms with Gasteiger partial charge in [0.2, 0.25) is 17.7 Å². The number of rotatable bonds is 14. The molecule has 0 bridgehead atoms. The molecule has 1 aliphatic rings. The Kier molecular flexibility index (Phi) is 12.5. The number of carbonyl (C=O) groups is 4. The van der Waals surface area contributed by atoms with Crippen LogP contribution in [0, 0.1) is 0 Å². The van der Waals surface area contributed by atoms with Crippen LogP contribution >= 0.6 is 11.8 Å². The average Bonchev–Trinajstić information content (AvgIpc) is 3.27. The van der Waals surface area contributed by atoms with Crippen LogP contribution in [0.25, 0.3) is 0 Å². The van der Waals surface area contributed by atoms with E-state index in [0.717, 1.165) is 0 Å². The third kappa shape index (κ3) is 9.43. The van der Waals surface area contributed by atoms with Crippen LogP contribution in [0.5, 0.6) is 0 Å². The fourth-order valence-corrected chi connectivity index (χ4v) is 3.85. The van der Waals surface area contributed by atoms with Crippen LogP contribution in [0.2, 0.25) is 0 Å². The summed E-state index contributed by atoms with van der Waals surface area (Å²) in [6.45, 7) is -0.125. The second-order valence-corrected chi connectivity index (χ2v) is 8.66. The zero-order valence-corrected chi connectivity index (χ0v) is 19.6. The Labute approximate surface area is 196 Å². The molecule has 10 N–H and O–H groups in total. The second kappa shape index (κ2) is 14.5. The fraction of sp³-hybridized carbons (Fsp3) is 0.737. The van der Waals surface area contributed by atoms with Crippen molar-refractivity contribution in [3.63, 3.8) is 0 Å². The molecule has 188 valence electrons. The SMILES string of the molecule is CSCCC(NC(=O)C(CO)NC(=O)C(N)CCCN=C(N)N)C(=O)N1CCCC1C(=O)O. The molecule has 1 rings (SSSR count). The predicted molar refractivity (Wildman–Crippen MR) is 124 cm³/mol. The molecule has 0 aromatic carbocycles. The second-order valence-electron chi connectivity index (χ2n) is 7.67. The van der Waals surface area contributed by atoms with Crippen molar-refractivity contribution < 1.29 is 29.4 Å². The van der Waals surface area contributed by atoms with Gasteiger partial charge in [-0.15, -0.1) is 0 Å². The van der Waals surface area contributed by atoms with Gasteiger partial charge in [0.05, 0.1) is 12.6 Å². The largest absolute Gasteiger partial charge is 0.480 e. The molecule has 1 saturated heterocycles. The van der Waals surface area contributed by atoms with Crippen molar-refractivity contribution >= 4 is 41.4 Å². The first-order chi connectivity index (χ1) is 15.6. The van der Waals surface area contributed by atoms with Crippen molar-refractivity contribution in [3.8, 4) is 0 Å². The number of aliphatic imine (C=N–C) groups is 1. The van der Waals surface area contributed by atoms with Crippen LogP contribution in [0.1, 0.15) is 32.1 Å². The van der Waals surface area contributed by atoms with Crippen molar-refractivity contribution in [2.75, 3.05) is 31.7 Å². The fourth-order valence-electron chi connectivity index (χ4n) is 3.38. The summed E-state index contributed by atoms with van der Waals surface area (Å²) in [5.41, 5.74) is 16.3. The van der Waals surface area contributed by atoms with E-state index >= 15 is 0 Å². The maximum absolute atomic E-state index is 13.0. The lowest BCUT2D eigenvalue weighted by atomic mass is 10.1. The highest BCUT2D eigenvalue weighted by Gasteiger charge is 2.38. The van der Waals surface area contributed by atoms with Gasteiger partial charge >= 0.3 is 5.97 Å². The normalized spacial score (nSPS) is 18.2. The number of hydrogen-bond donors (Lipinski definition) is 7. The summed E-state index contributed by atoms with van der Waals surface area (Å²) >= 11 is 1.47. The summed E-state index contributed by atoms with van der Waals surface area (Å²) in [4.78, 5) is 54.5.